The van der Waals surface area contributed by atoms with Crippen LogP contribution in [0.2, 0.25) is 0 Å². The number of carbonyl (C=O) groups is 1. The van der Waals surface area contributed by atoms with Gasteiger partial charge in [-0.25, -0.2) is 14.4 Å². The first-order valence-electron chi connectivity index (χ1n) is 11.1. The zero-order chi connectivity index (χ0) is 24.8. The van der Waals surface area contributed by atoms with E-state index in [0.717, 1.165) is 11.1 Å². The highest BCUT2D eigenvalue weighted by molar-refractivity contribution is 6.04. The highest BCUT2D eigenvalue weighted by Gasteiger charge is 2.16. The molecule has 2 N–H and O–H groups in total. The standard InChI is InChI=1S/C27H25FN4O3/c1-17(2)34-20-7-4-6-19(15-20)32-26(33)23-16-21(9-10-24(23)28)35-27-22(8-5-12-31-27)18-11-13-30-25(14-18)29-3/h4-17H,1-3H3,(H,29,30)(H,32,33). The molecule has 7 nitrogen and oxygen atoms in total. The molecule has 0 atom stereocenters. The molecule has 178 valence electrons. The summed E-state index contributed by atoms with van der Waals surface area (Å²) in [4.78, 5) is 21.4. The second-order valence-corrected chi connectivity index (χ2v) is 7.93. The lowest BCUT2D eigenvalue weighted by Gasteiger charge is -2.13. The van der Waals surface area contributed by atoms with Crippen LogP contribution in [0, 0.1) is 5.82 Å². The molecular weight excluding hydrogens is 447 g/mol. The lowest BCUT2D eigenvalue weighted by molar-refractivity contribution is 0.102. The van der Waals surface area contributed by atoms with Gasteiger partial charge in [-0.05, 0) is 74.0 Å². The van der Waals surface area contributed by atoms with Crippen LogP contribution < -0.4 is 20.1 Å². The summed E-state index contributed by atoms with van der Waals surface area (Å²) in [5.74, 6) is 0.618. The SMILES string of the molecule is CNc1cc(-c2cccnc2Oc2ccc(F)c(C(=O)Nc3cccc(OC(C)C)c3)c2)ccn1. The molecule has 4 aromatic rings. The number of pyridine rings is 2. The van der Waals surface area contributed by atoms with Gasteiger partial charge in [0.15, 0.2) is 0 Å². The summed E-state index contributed by atoms with van der Waals surface area (Å²) in [6, 6.07) is 18.3. The van der Waals surface area contributed by atoms with Gasteiger partial charge in [0.25, 0.3) is 5.91 Å². The van der Waals surface area contributed by atoms with E-state index in [1.165, 1.54) is 18.2 Å². The summed E-state index contributed by atoms with van der Waals surface area (Å²) in [7, 11) is 1.78. The van der Waals surface area contributed by atoms with Crippen molar-refractivity contribution >= 4 is 17.4 Å². The van der Waals surface area contributed by atoms with Crippen LogP contribution in [0.15, 0.2) is 79.1 Å². The number of halogens is 1. The summed E-state index contributed by atoms with van der Waals surface area (Å²) in [5.41, 5.74) is 1.90. The van der Waals surface area contributed by atoms with E-state index in [-0.39, 0.29) is 17.4 Å². The fourth-order valence-corrected chi connectivity index (χ4v) is 3.40. The van der Waals surface area contributed by atoms with E-state index in [1.54, 1.807) is 49.8 Å². The maximum Gasteiger partial charge on any atom is 0.258 e. The van der Waals surface area contributed by atoms with E-state index in [0.29, 0.717) is 23.1 Å². The molecule has 2 aromatic carbocycles. The van der Waals surface area contributed by atoms with Gasteiger partial charge in [-0.1, -0.05) is 6.07 Å². The second kappa shape index (κ2) is 10.6. The number of ether oxygens (including phenoxy) is 2. The number of rotatable bonds is 8. The molecule has 0 unspecified atom stereocenters. The molecule has 4 rings (SSSR count). The van der Waals surface area contributed by atoms with Crippen molar-refractivity contribution in [2.45, 2.75) is 20.0 Å². The molecule has 0 aliphatic rings. The first-order chi connectivity index (χ1) is 16.9. The van der Waals surface area contributed by atoms with Crippen LogP contribution in [-0.4, -0.2) is 29.0 Å². The van der Waals surface area contributed by atoms with Crippen molar-refractivity contribution in [3.63, 3.8) is 0 Å². The number of benzene rings is 2. The molecular formula is C27H25FN4O3. The topological polar surface area (TPSA) is 85.4 Å². The minimum absolute atomic E-state index is 0.0133. The van der Waals surface area contributed by atoms with Crippen molar-refractivity contribution in [1.82, 2.24) is 9.97 Å². The van der Waals surface area contributed by atoms with Crippen molar-refractivity contribution in [3.05, 3.63) is 90.5 Å². The molecule has 2 aromatic heterocycles. The zero-order valence-corrected chi connectivity index (χ0v) is 19.6. The lowest BCUT2D eigenvalue weighted by Crippen LogP contribution is -2.14. The maximum absolute atomic E-state index is 14.6. The highest BCUT2D eigenvalue weighted by Crippen LogP contribution is 2.32. The Hall–Kier alpha value is -4.46. The van der Waals surface area contributed by atoms with Crippen LogP contribution in [0.3, 0.4) is 0 Å². The van der Waals surface area contributed by atoms with Crippen molar-refractivity contribution in [2.75, 3.05) is 17.7 Å². The largest absolute Gasteiger partial charge is 0.491 e. The zero-order valence-electron chi connectivity index (χ0n) is 19.6. The normalized spacial score (nSPS) is 10.7. The molecule has 0 aliphatic carbocycles. The van der Waals surface area contributed by atoms with Crippen molar-refractivity contribution in [2.24, 2.45) is 0 Å². The number of nitrogens with one attached hydrogen (secondary N) is 2. The van der Waals surface area contributed by atoms with Crippen LogP contribution in [0.4, 0.5) is 15.9 Å². The maximum atomic E-state index is 14.6. The second-order valence-electron chi connectivity index (χ2n) is 7.93. The van der Waals surface area contributed by atoms with Gasteiger partial charge in [0, 0.05) is 36.8 Å². The van der Waals surface area contributed by atoms with Crippen LogP contribution in [0.25, 0.3) is 11.1 Å². The van der Waals surface area contributed by atoms with E-state index in [2.05, 4.69) is 20.6 Å². The number of hydrogen-bond donors (Lipinski definition) is 2. The van der Waals surface area contributed by atoms with Gasteiger partial charge in [0.05, 0.1) is 11.7 Å². The lowest BCUT2D eigenvalue weighted by atomic mass is 10.1. The van der Waals surface area contributed by atoms with Gasteiger partial charge < -0.3 is 20.1 Å². The predicted molar refractivity (Wildman–Crippen MR) is 134 cm³/mol. The molecule has 8 heteroatoms. The third kappa shape index (κ3) is 5.92. The van der Waals surface area contributed by atoms with Crippen LogP contribution >= 0.6 is 0 Å². The molecule has 0 radical (unpaired) electrons. The van der Waals surface area contributed by atoms with Crippen LogP contribution in [-0.2, 0) is 0 Å². The van der Waals surface area contributed by atoms with Crippen molar-refractivity contribution < 1.29 is 18.7 Å². The molecule has 2 heterocycles. The van der Waals surface area contributed by atoms with E-state index >= 15 is 0 Å². The summed E-state index contributed by atoms with van der Waals surface area (Å²) >= 11 is 0. The number of nitrogens with zero attached hydrogens (tertiary/aromatic N) is 2. The van der Waals surface area contributed by atoms with E-state index in [4.69, 9.17) is 9.47 Å². The molecule has 0 aliphatic heterocycles. The van der Waals surface area contributed by atoms with Gasteiger partial charge in [-0.3, -0.25) is 4.79 Å². The molecule has 0 spiro atoms. The molecule has 0 bridgehead atoms. The number of aromatic nitrogens is 2. The Morgan fingerprint density at radius 1 is 0.943 bits per heavy atom. The first kappa shape index (κ1) is 23.7. The Morgan fingerprint density at radius 2 is 1.80 bits per heavy atom. The number of amides is 1. The fourth-order valence-electron chi connectivity index (χ4n) is 3.40. The van der Waals surface area contributed by atoms with Gasteiger partial charge in [0.2, 0.25) is 5.88 Å². The van der Waals surface area contributed by atoms with Gasteiger partial charge in [-0.15, -0.1) is 0 Å². The Labute approximate surface area is 203 Å². The van der Waals surface area contributed by atoms with Crippen LogP contribution in [0.1, 0.15) is 24.2 Å². The highest BCUT2D eigenvalue weighted by atomic mass is 19.1. The molecule has 35 heavy (non-hydrogen) atoms. The smallest absolute Gasteiger partial charge is 0.258 e. The average molecular weight is 473 g/mol. The van der Waals surface area contributed by atoms with Gasteiger partial charge >= 0.3 is 0 Å². The van der Waals surface area contributed by atoms with Crippen LogP contribution in [0.5, 0.6) is 17.4 Å². The van der Waals surface area contributed by atoms with E-state index in [1.807, 2.05) is 32.0 Å². The van der Waals surface area contributed by atoms with Gasteiger partial charge in [-0.2, -0.15) is 0 Å². The Bertz CT molecular complexity index is 1340. The number of carbonyl (C=O) groups excluding carboxylic acids is 1. The summed E-state index contributed by atoms with van der Waals surface area (Å²) < 4.78 is 26.2. The van der Waals surface area contributed by atoms with Gasteiger partial charge in [0.1, 0.15) is 23.1 Å². The summed E-state index contributed by atoms with van der Waals surface area (Å²) in [6.07, 6.45) is 3.27. The van der Waals surface area contributed by atoms with Crippen molar-refractivity contribution in [3.8, 4) is 28.5 Å². The number of anilines is 2. The molecule has 0 saturated heterocycles. The Morgan fingerprint density at radius 3 is 2.60 bits per heavy atom. The quantitative estimate of drug-likeness (QED) is 0.320. The monoisotopic (exact) mass is 472 g/mol. The third-order valence-corrected chi connectivity index (χ3v) is 4.96. The van der Waals surface area contributed by atoms with Crippen molar-refractivity contribution in [1.29, 1.82) is 0 Å². The Kier molecular flexibility index (Phi) is 7.21. The fraction of sp³-hybridized carbons (Fsp3) is 0.148. The molecule has 0 saturated carbocycles. The Balaban J connectivity index is 1.57. The van der Waals surface area contributed by atoms with E-state index < -0.39 is 11.7 Å². The summed E-state index contributed by atoms with van der Waals surface area (Å²) in [5, 5.41) is 5.71. The van der Waals surface area contributed by atoms with E-state index in [9.17, 15) is 9.18 Å². The first-order valence-corrected chi connectivity index (χ1v) is 11.1. The minimum Gasteiger partial charge on any atom is -0.491 e. The average Bonchev–Trinajstić information content (AvgIpc) is 2.85. The number of hydrogen-bond acceptors (Lipinski definition) is 6. The predicted octanol–water partition coefficient (Wildman–Crippen LogP) is 6.16. The minimum atomic E-state index is -0.668. The molecule has 1 amide bonds. The third-order valence-electron chi connectivity index (χ3n) is 4.96. The molecule has 0 fully saturated rings. The summed E-state index contributed by atoms with van der Waals surface area (Å²) in [6.45, 7) is 3.82.